The fraction of sp³-hybridized carbons (Fsp3) is 0.250. The van der Waals surface area contributed by atoms with Crippen molar-refractivity contribution in [2.75, 3.05) is 0 Å². The molecule has 7 heteroatoms. The molecule has 0 spiro atoms. The van der Waals surface area contributed by atoms with Gasteiger partial charge in [-0.1, -0.05) is 34.8 Å². The molecule has 0 bridgehead atoms. The van der Waals surface area contributed by atoms with Crippen molar-refractivity contribution < 1.29 is 0 Å². The lowest BCUT2D eigenvalue weighted by Gasteiger charge is -2.06. The molecule has 0 fully saturated rings. The van der Waals surface area contributed by atoms with Gasteiger partial charge in [0.25, 0.3) is 0 Å². The van der Waals surface area contributed by atoms with Crippen LogP contribution in [-0.2, 0) is 3.79 Å². The molecule has 0 radical (unpaired) electrons. The highest BCUT2D eigenvalue weighted by Crippen LogP contribution is 2.35. The molecule has 0 unspecified atom stereocenters. The average molecular weight is 326 g/mol. The van der Waals surface area contributed by atoms with Crippen LogP contribution in [0.1, 0.15) is 5.69 Å². The second-order valence-corrected chi connectivity index (χ2v) is 3.78. The van der Waals surface area contributed by atoms with Crippen LogP contribution >= 0.6 is 58.8 Å². The molecule has 62 valence electrons. The molecule has 0 aliphatic carbocycles. The lowest BCUT2D eigenvalue weighted by molar-refractivity contribution is 0.819. The molecule has 0 atom stereocenters. The topological polar surface area (TPSA) is 38.7 Å². The van der Waals surface area contributed by atoms with Crippen LogP contribution in [-0.4, -0.2) is 15.4 Å². The molecular weight excluding hydrogens is 323 g/mol. The third-order valence-electron chi connectivity index (χ3n) is 0.794. The summed E-state index contributed by atoms with van der Waals surface area (Å²) in [6.45, 7) is 0. The van der Waals surface area contributed by atoms with Gasteiger partial charge in [0, 0.05) is 0 Å². The maximum Gasteiger partial charge on any atom is 0.234 e. The van der Waals surface area contributed by atoms with Crippen molar-refractivity contribution in [1.29, 1.82) is 0 Å². The minimum absolute atomic E-state index is 0. The van der Waals surface area contributed by atoms with Gasteiger partial charge in [0.2, 0.25) is 3.79 Å². The third kappa shape index (κ3) is 3.68. The number of hydrogen-bond donors (Lipinski definition) is 0. The van der Waals surface area contributed by atoms with Crippen LogP contribution in [0.3, 0.4) is 0 Å². The number of nitrogens with zero attached hydrogens (tertiary/aromatic N) is 3. The first-order valence-corrected chi connectivity index (χ1v) is 3.45. The molecule has 0 amide bonds. The molecule has 0 aromatic carbocycles. The Bertz CT molecular complexity index is 212. The van der Waals surface area contributed by atoms with E-state index in [1.165, 1.54) is 12.3 Å². The summed E-state index contributed by atoms with van der Waals surface area (Å²) in [6, 6.07) is 1.49. The molecule has 0 saturated carbocycles. The molecule has 0 aliphatic rings. The highest BCUT2D eigenvalue weighted by Gasteiger charge is 2.24. The van der Waals surface area contributed by atoms with Crippen molar-refractivity contribution in [2.24, 2.45) is 0 Å². The molecule has 11 heavy (non-hydrogen) atoms. The Balaban J connectivity index is 0.000001000. The number of rotatable bonds is 0. The monoisotopic (exact) mass is 325 g/mol. The summed E-state index contributed by atoms with van der Waals surface area (Å²) in [5, 5.41) is 10.2. The van der Waals surface area contributed by atoms with Gasteiger partial charge in [-0.05, 0) is 11.3 Å². The standard InChI is InChI=1S/C4H2Cl3N3.HI/c5-4(6,7)3-1-2-8-10-9-3;/h1-2H;1H. The van der Waals surface area contributed by atoms with Crippen molar-refractivity contribution in [3.05, 3.63) is 18.0 Å². The van der Waals surface area contributed by atoms with Gasteiger partial charge in [0.1, 0.15) is 5.69 Å². The molecule has 1 aromatic heterocycles. The van der Waals surface area contributed by atoms with E-state index in [4.69, 9.17) is 34.8 Å². The zero-order valence-corrected chi connectivity index (χ0v) is 9.64. The quantitative estimate of drug-likeness (QED) is 0.542. The Morgan fingerprint density at radius 3 is 2.18 bits per heavy atom. The fourth-order valence-electron chi connectivity index (χ4n) is 0.392. The SMILES string of the molecule is ClC(Cl)(Cl)c1ccnnn1.I. The summed E-state index contributed by atoms with van der Waals surface area (Å²) < 4.78 is -1.50. The first-order valence-electron chi connectivity index (χ1n) is 2.32. The number of aromatic nitrogens is 3. The van der Waals surface area contributed by atoms with Crippen LogP contribution in [0, 0.1) is 0 Å². The molecule has 1 heterocycles. The Kier molecular flexibility index (Phi) is 4.85. The van der Waals surface area contributed by atoms with E-state index in [2.05, 4.69) is 15.4 Å². The number of hydrogen-bond acceptors (Lipinski definition) is 3. The van der Waals surface area contributed by atoms with Crippen LogP contribution in [0.4, 0.5) is 0 Å². The van der Waals surface area contributed by atoms with Crippen LogP contribution in [0.15, 0.2) is 12.3 Å². The molecule has 1 aromatic rings. The fourth-order valence-corrected chi connectivity index (χ4v) is 0.695. The predicted molar refractivity (Wildman–Crippen MR) is 54.5 cm³/mol. The summed E-state index contributed by atoms with van der Waals surface area (Å²) in [5.41, 5.74) is 0.271. The Morgan fingerprint density at radius 2 is 1.91 bits per heavy atom. The van der Waals surface area contributed by atoms with Crippen LogP contribution < -0.4 is 0 Å². The second kappa shape index (κ2) is 4.59. The molecule has 1 rings (SSSR count). The van der Waals surface area contributed by atoms with Gasteiger partial charge in [-0.25, -0.2) is 0 Å². The first kappa shape index (κ1) is 11.6. The second-order valence-electron chi connectivity index (χ2n) is 1.50. The summed E-state index contributed by atoms with van der Waals surface area (Å²) in [4.78, 5) is 0. The first-order chi connectivity index (χ1) is 4.61. The van der Waals surface area contributed by atoms with Crippen molar-refractivity contribution in [1.82, 2.24) is 15.4 Å². The number of halogens is 4. The van der Waals surface area contributed by atoms with Crippen LogP contribution in [0.5, 0.6) is 0 Å². The number of alkyl halides is 3. The van der Waals surface area contributed by atoms with Crippen LogP contribution in [0.2, 0.25) is 0 Å². The van der Waals surface area contributed by atoms with E-state index in [0.29, 0.717) is 0 Å². The molecule has 0 saturated heterocycles. The van der Waals surface area contributed by atoms with Crippen molar-refractivity contribution in [2.45, 2.75) is 3.79 Å². The van der Waals surface area contributed by atoms with Crippen molar-refractivity contribution in [3.8, 4) is 0 Å². The average Bonchev–Trinajstić information content (AvgIpc) is 1.88. The van der Waals surface area contributed by atoms with E-state index in [1.54, 1.807) is 0 Å². The summed E-state index contributed by atoms with van der Waals surface area (Å²) in [7, 11) is 0. The van der Waals surface area contributed by atoms with E-state index >= 15 is 0 Å². The van der Waals surface area contributed by atoms with Gasteiger partial charge in [0.05, 0.1) is 6.20 Å². The Labute approximate surface area is 95.4 Å². The van der Waals surface area contributed by atoms with E-state index in [1.807, 2.05) is 0 Å². The lowest BCUT2D eigenvalue weighted by atomic mass is 10.5. The molecular formula is C4H3Cl3IN3. The van der Waals surface area contributed by atoms with Gasteiger partial charge >= 0.3 is 0 Å². The van der Waals surface area contributed by atoms with E-state index in [9.17, 15) is 0 Å². The Hall–Kier alpha value is 0.610. The van der Waals surface area contributed by atoms with Crippen molar-refractivity contribution >= 4 is 58.8 Å². The highest BCUT2D eigenvalue weighted by molar-refractivity contribution is 14.0. The van der Waals surface area contributed by atoms with E-state index < -0.39 is 3.79 Å². The summed E-state index contributed by atoms with van der Waals surface area (Å²) >= 11 is 16.4. The summed E-state index contributed by atoms with van der Waals surface area (Å²) in [6.07, 6.45) is 1.41. The minimum Gasteiger partial charge on any atom is -0.139 e. The van der Waals surface area contributed by atoms with Gasteiger partial charge in [-0.2, -0.15) is 0 Å². The smallest absolute Gasteiger partial charge is 0.139 e. The van der Waals surface area contributed by atoms with E-state index in [0.717, 1.165) is 0 Å². The van der Waals surface area contributed by atoms with E-state index in [-0.39, 0.29) is 29.7 Å². The highest BCUT2D eigenvalue weighted by atomic mass is 127. The maximum absolute atomic E-state index is 5.46. The van der Waals surface area contributed by atoms with Gasteiger partial charge in [-0.15, -0.1) is 34.2 Å². The van der Waals surface area contributed by atoms with Crippen molar-refractivity contribution in [3.63, 3.8) is 0 Å². The molecule has 0 aliphatic heterocycles. The van der Waals surface area contributed by atoms with Gasteiger partial charge in [0.15, 0.2) is 0 Å². The lowest BCUT2D eigenvalue weighted by Crippen LogP contribution is -2.04. The molecule has 3 nitrogen and oxygen atoms in total. The van der Waals surface area contributed by atoms with Gasteiger partial charge < -0.3 is 0 Å². The normalized spacial score (nSPS) is 10.5. The Morgan fingerprint density at radius 1 is 1.27 bits per heavy atom. The zero-order chi connectivity index (χ0) is 7.61. The summed E-state index contributed by atoms with van der Waals surface area (Å²) in [5.74, 6) is 0. The minimum atomic E-state index is -1.50. The van der Waals surface area contributed by atoms with Gasteiger partial charge in [-0.3, -0.25) is 0 Å². The molecule has 0 N–H and O–H groups in total. The maximum atomic E-state index is 5.46. The predicted octanol–water partition coefficient (Wildman–Crippen LogP) is 2.32. The van der Waals surface area contributed by atoms with Crippen LogP contribution in [0.25, 0.3) is 0 Å². The largest absolute Gasteiger partial charge is 0.234 e. The third-order valence-corrected chi connectivity index (χ3v) is 1.37. The zero-order valence-electron chi connectivity index (χ0n) is 5.04.